The number of nitrogens with one attached hydrogen (secondary N) is 2. The van der Waals surface area contributed by atoms with E-state index in [-0.39, 0.29) is 17.0 Å². The van der Waals surface area contributed by atoms with Gasteiger partial charge in [-0.2, -0.15) is 0 Å². The van der Waals surface area contributed by atoms with E-state index in [1.54, 1.807) is 18.2 Å². The van der Waals surface area contributed by atoms with Crippen LogP contribution < -0.4 is 10.6 Å². The van der Waals surface area contributed by atoms with Gasteiger partial charge in [0.25, 0.3) is 0 Å². The van der Waals surface area contributed by atoms with Crippen LogP contribution in [-0.4, -0.2) is 31.8 Å². The van der Waals surface area contributed by atoms with Crippen molar-refractivity contribution in [1.29, 1.82) is 0 Å². The predicted molar refractivity (Wildman–Crippen MR) is 118 cm³/mol. The van der Waals surface area contributed by atoms with Crippen molar-refractivity contribution < 1.29 is 19.4 Å². The van der Waals surface area contributed by atoms with Crippen molar-refractivity contribution in [2.45, 2.75) is 57.8 Å². The number of carbonyl (C=O) groups excluding carboxylic acids is 2. The molecule has 0 saturated heterocycles. The number of rotatable bonds is 4. The van der Waals surface area contributed by atoms with Crippen molar-refractivity contribution in [1.82, 2.24) is 10.6 Å². The van der Waals surface area contributed by atoms with Gasteiger partial charge in [-0.1, -0.05) is 57.0 Å². The molecule has 1 fully saturated rings. The van der Waals surface area contributed by atoms with Gasteiger partial charge >= 0.3 is 12.0 Å². The van der Waals surface area contributed by atoms with Crippen LogP contribution in [0.15, 0.2) is 35.5 Å². The minimum absolute atomic E-state index is 0.0601. The van der Waals surface area contributed by atoms with Crippen LogP contribution in [-0.2, 0) is 9.53 Å². The van der Waals surface area contributed by atoms with Crippen molar-refractivity contribution in [3.05, 3.63) is 41.1 Å². The van der Waals surface area contributed by atoms with Crippen LogP contribution in [0.5, 0.6) is 5.75 Å². The number of hydrogen-bond donors (Lipinski definition) is 3. The van der Waals surface area contributed by atoms with E-state index in [9.17, 15) is 14.7 Å². The van der Waals surface area contributed by atoms with E-state index in [1.165, 1.54) is 25.3 Å². The molecule has 30 heavy (non-hydrogen) atoms. The van der Waals surface area contributed by atoms with E-state index in [1.807, 2.05) is 0 Å². The lowest BCUT2D eigenvalue weighted by Gasteiger charge is -2.28. The molecule has 0 spiro atoms. The Balaban J connectivity index is 1.95. The Bertz CT molecular complexity index is 902. The third kappa shape index (κ3) is 5.89. The number of carbonyl (C=O) groups is 2. The minimum Gasteiger partial charge on any atom is -0.508 e. The zero-order valence-electron chi connectivity index (χ0n) is 17.9. The van der Waals surface area contributed by atoms with Crippen LogP contribution in [0.2, 0.25) is 19.6 Å². The molecule has 2 aliphatic rings. The zero-order valence-corrected chi connectivity index (χ0v) is 18.9. The van der Waals surface area contributed by atoms with E-state index in [2.05, 4.69) is 41.7 Å². The first-order valence-corrected chi connectivity index (χ1v) is 14.0. The number of phenolic OH excluding ortho intramolecular Hbond substituents is 1. The number of ether oxygens (including phenoxy) is 1. The lowest BCUT2D eigenvalue weighted by molar-refractivity contribution is -0.141. The molecular weight excluding hydrogens is 396 g/mol. The quantitative estimate of drug-likeness (QED) is 0.386. The molecule has 0 aromatic heterocycles. The molecule has 6 nitrogen and oxygen atoms in total. The molecule has 2 amide bonds. The number of amides is 2. The molecule has 0 radical (unpaired) electrons. The van der Waals surface area contributed by atoms with Gasteiger partial charge < -0.3 is 20.5 Å². The van der Waals surface area contributed by atoms with Gasteiger partial charge in [-0.15, -0.1) is 5.54 Å². The smallest absolute Gasteiger partial charge is 0.339 e. The average molecular weight is 427 g/mol. The van der Waals surface area contributed by atoms with Crippen molar-refractivity contribution in [3.8, 4) is 17.2 Å². The molecule has 1 aliphatic heterocycles. The number of allylic oxidation sites excluding steroid dienone is 1. The van der Waals surface area contributed by atoms with Crippen molar-refractivity contribution >= 4 is 20.1 Å². The number of benzene rings is 1. The fraction of sp³-hybridized carbons (Fsp3) is 0.478. The highest BCUT2D eigenvalue weighted by Crippen LogP contribution is 2.30. The second-order valence-electron chi connectivity index (χ2n) is 9.02. The molecule has 1 aliphatic carbocycles. The third-order valence-corrected chi connectivity index (χ3v) is 6.11. The van der Waals surface area contributed by atoms with Gasteiger partial charge in [0.2, 0.25) is 0 Å². The van der Waals surface area contributed by atoms with Crippen LogP contribution in [0.3, 0.4) is 0 Å². The lowest BCUT2D eigenvalue weighted by Crippen LogP contribution is -2.46. The first kappa shape index (κ1) is 22.0. The van der Waals surface area contributed by atoms with Gasteiger partial charge in [-0.05, 0) is 36.5 Å². The van der Waals surface area contributed by atoms with E-state index in [4.69, 9.17) is 4.74 Å². The molecule has 160 valence electrons. The van der Waals surface area contributed by atoms with E-state index < -0.39 is 26.1 Å². The summed E-state index contributed by atoms with van der Waals surface area (Å²) in [6.45, 7) is 6.66. The first-order chi connectivity index (χ1) is 14.2. The molecule has 0 bridgehead atoms. The van der Waals surface area contributed by atoms with Gasteiger partial charge in [0.05, 0.1) is 18.2 Å². The summed E-state index contributed by atoms with van der Waals surface area (Å²) >= 11 is 0. The highest BCUT2D eigenvalue weighted by Gasteiger charge is 2.34. The summed E-state index contributed by atoms with van der Waals surface area (Å²) in [6.07, 6.45) is 5.71. The normalized spacial score (nSPS) is 20.0. The maximum atomic E-state index is 13.2. The fourth-order valence-electron chi connectivity index (χ4n) is 3.71. The van der Waals surface area contributed by atoms with E-state index in [0.29, 0.717) is 18.1 Å². The summed E-state index contributed by atoms with van der Waals surface area (Å²) in [7, 11) is -1.74. The number of aromatic hydroxyl groups is 1. The Hall–Kier alpha value is -2.72. The molecule has 7 heteroatoms. The number of urea groups is 1. The highest BCUT2D eigenvalue weighted by atomic mass is 28.3. The molecular formula is C23H30N2O4Si. The Labute approximate surface area is 179 Å². The van der Waals surface area contributed by atoms with Crippen molar-refractivity contribution in [3.63, 3.8) is 0 Å². The minimum atomic E-state index is -1.74. The van der Waals surface area contributed by atoms with Gasteiger partial charge in [0.15, 0.2) is 0 Å². The Morgan fingerprint density at radius 1 is 1.23 bits per heavy atom. The number of phenols is 1. The fourth-order valence-corrected chi connectivity index (χ4v) is 4.21. The summed E-state index contributed by atoms with van der Waals surface area (Å²) in [6, 6.07) is 5.34. The largest absolute Gasteiger partial charge is 0.508 e. The van der Waals surface area contributed by atoms with E-state index >= 15 is 0 Å². The molecule has 3 rings (SSSR count). The predicted octanol–water partition coefficient (Wildman–Crippen LogP) is 4.00. The van der Waals surface area contributed by atoms with Crippen LogP contribution in [0.4, 0.5) is 4.79 Å². The molecule has 1 unspecified atom stereocenters. The SMILES string of the molecule is C[Si](C)(C)C#CC1=C(C(=O)OCC2CCCCC2)C(c2cccc(O)c2)NC(=O)N1. The maximum Gasteiger partial charge on any atom is 0.339 e. The van der Waals surface area contributed by atoms with E-state index in [0.717, 1.165) is 12.8 Å². The summed E-state index contributed by atoms with van der Waals surface area (Å²) < 4.78 is 5.69. The Kier molecular flexibility index (Phi) is 6.88. The molecule has 1 saturated carbocycles. The van der Waals surface area contributed by atoms with Crippen LogP contribution in [0.1, 0.15) is 43.7 Å². The molecule has 1 atom stereocenters. The summed E-state index contributed by atoms with van der Waals surface area (Å²) in [4.78, 5) is 25.5. The second-order valence-corrected chi connectivity index (χ2v) is 13.8. The second kappa shape index (κ2) is 9.39. The third-order valence-electron chi connectivity index (χ3n) is 5.23. The monoisotopic (exact) mass is 426 g/mol. The average Bonchev–Trinajstić information content (AvgIpc) is 2.70. The van der Waals surface area contributed by atoms with Crippen molar-refractivity contribution in [2.75, 3.05) is 6.61 Å². The van der Waals surface area contributed by atoms with Gasteiger partial charge in [-0.25, -0.2) is 9.59 Å². The van der Waals surface area contributed by atoms with Crippen molar-refractivity contribution in [2.24, 2.45) is 5.92 Å². The maximum absolute atomic E-state index is 13.2. The number of esters is 1. The van der Waals surface area contributed by atoms with Gasteiger partial charge in [0.1, 0.15) is 19.5 Å². The van der Waals surface area contributed by atoms with Gasteiger partial charge in [-0.3, -0.25) is 0 Å². The summed E-state index contributed by atoms with van der Waals surface area (Å²) in [5.74, 6) is 2.99. The Morgan fingerprint density at radius 3 is 2.63 bits per heavy atom. The van der Waals surface area contributed by atoms with Crippen LogP contribution in [0.25, 0.3) is 0 Å². The molecule has 1 aromatic rings. The summed E-state index contributed by atoms with van der Waals surface area (Å²) in [5.41, 5.74) is 4.38. The summed E-state index contributed by atoms with van der Waals surface area (Å²) in [5, 5.41) is 15.4. The van der Waals surface area contributed by atoms with Crippen LogP contribution >= 0.6 is 0 Å². The molecule has 1 heterocycles. The Morgan fingerprint density at radius 2 is 1.97 bits per heavy atom. The zero-order chi connectivity index (χ0) is 21.7. The molecule has 3 N–H and O–H groups in total. The van der Waals surface area contributed by atoms with Gasteiger partial charge in [0, 0.05) is 0 Å². The first-order valence-electron chi connectivity index (χ1n) is 10.5. The number of hydrogen-bond acceptors (Lipinski definition) is 4. The topological polar surface area (TPSA) is 87.7 Å². The standard InChI is InChI=1S/C23H30N2O4Si/c1-30(2,3)13-12-19-20(22(27)29-15-16-8-5-4-6-9-16)21(25-23(28)24-19)17-10-7-11-18(26)14-17/h7,10-11,14,16,21,26H,4-6,8-9,15H2,1-3H3,(H2,24,25,28). The van der Waals surface area contributed by atoms with Crippen LogP contribution in [0, 0.1) is 17.4 Å². The highest BCUT2D eigenvalue weighted by molar-refractivity contribution is 6.83. The molecule has 1 aromatic carbocycles. The lowest BCUT2D eigenvalue weighted by atomic mass is 9.90.